The minimum Gasteiger partial charge on any atom is -0.454 e. The van der Waals surface area contributed by atoms with E-state index in [1.54, 1.807) is 24.5 Å². The fourth-order valence-electron chi connectivity index (χ4n) is 3.82. The van der Waals surface area contributed by atoms with E-state index in [4.69, 9.17) is 27.9 Å². The molecule has 2 aromatic rings. The number of nitrogens with zero attached hydrogens (tertiary/aromatic N) is 2. The van der Waals surface area contributed by atoms with E-state index >= 15 is 0 Å². The Morgan fingerprint density at radius 2 is 1.82 bits per heavy atom. The third-order valence-electron chi connectivity index (χ3n) is 5.73. The normalized spacial score (nSPS) is 19.2. The van der Waals surface area contributed by atoms with Gasteiger partial charge in [0.1, 0.15) is 11.6 Å². The zero-order valence-corrected chi connectivity index (χ0v) is 20.6. The van der Waals surface area contributed by atoms with E-state index in [0.717, 1.165) is 12.8 Å². The molecule has 1 heterocycles. The first-order chi connectivity index (χ1) is 15.6. The van der Waals surface area contributed by atoms with Gasteiger partial charge in [-0.25, -0.2) is 8.70 Å². The van der Waals surface area contributed by atoms with Crippen LogP contribution in [-0.2, 0) is 14.5 Å². The van der Waals surface area contributed by atoms with Crippen LogP contribution in [0, 0.1) is 5.82 Å². The largest absolute Gasteiger partial charge is 0.454 e. The van der Waals surface area contributed by atoms with Crippen molar-refractivity contribution in [3.8, 4) is 11.5 Å². The molecular weight excluding hydrogens is 488 g/mol. The molecule has 4 rings (SSSR count). The maximum atomic E-state index is 14.0. The monoisotopic (exact) mass is 513 g/mol. The summed E-state index contributed by atoms with van der Waals surface area (Å²) in [4.78, 5) is 14.5. The number of carbonyl (C=O) groups excluding carboxylic acids is 1. The van der Waals surface area contributed by atoms with E-state index in [2.05, 4.69) is 11.2 Å². The van der Waals surface area contributed by atoms with Crippen molar-refractivity contribution in [2.24, 2.45) is 0 Å². The average Bonchev–Trinajstić information content (AvgIpc) is 3.57. The molecule has 1 unspecified atom stereocenters. The first-order valence-corrected chi connectivity index (χ1v) is 13.5. The number of rotatable bonds is 7. The number of halogens is 3. The zero-order valence-electron chi connectivity index (χ0n) is 18.3. The third-order valence-corrected chi connectivity index (χ3v) is 7.75. The highest BCUT2D eigenvalue weighted by molar-refractivity contribution is 7.97. The molecule has 6 nitrogen and oxygen atoms in total. The second-order valence-electron chi connectivity index (χ2n) is 8.54. The first kappa shape index (κ1) is 24.3. The van der Waals surface area contributed by atoms with Gasteiger partial charge in [0, 0.05) is 47.8 Å². The molecule has 2 fully saturated rings. The SMILES string of the molecule is C=S(C)(=O)N1CCN(CC(=O)Nc2cc(Cl)c(Oc3ccc(F)c(C4CC4)c3)c(Cl)c2)CC1. The Morgan fingerprint density at radius 3 is 2.39 bits per heavy atom. The summed E-state index contributed by atoms with van der Waals surface area (Å²) in [5.74, 6) is 4.21. The minimum atomic E-state index is -2.22. The first-order valence-electron chi connectivity index (χ1n) is 10.7. The Labute approximate surface area is 203 Å². The number of piperazine rings is 1. The summed E-state index contributed by atoms with van der Waals surface area (Å²) in [6.07, 6.45) is 3.57. The fraction of sp³-hybridized carbons (Fsp3) is 0.391. The second kappa shape index (κ2) is 9.80. The highest BCUT2D eigenvalue weighted by Crippen LogP contribution is 2.44. The van der Waals surface area contributed by atoms with Gasteiger partial charge in [-0.3, -0.25) is 13.9 Å². The molecule has 178 valence electrons. The second-order valence-corrected chi connectivity index (χ2v) is 11.8. The lowest BCUT2D eigenvalue weighted by molar-refractivity contribution is -0.117. The molecule has 1 atom stereocenters. The summed E-state index contributed by atoms with van der Waals surface area (Å²) >= 11 is 12.8. The summed E-state index contributed by atoms with van der Waals surface area (Å²) in [6, 6.07) is 7.74. The van der Waals surface area contributed by atoms with Crippen LogP contribution in [-0.4, -0.2) is 64.2 Å². The molecule has 0 aromatic heterocycles. The van der Waals surface area contributed by atoms with Crippen molar-refractivity contribution in [2.75, 3.05) is 44.3 Å². The topological polar surface area (TPSA) is 61.9 Å². The standard InChI is InChI=1S/C23H26Cl2FN3O3S/c1-33(2,31)29-9-7-28(8-10-29)14-22(30)27-16-11-19(24)23(20(25)12-16)32-17-5-6-21(26)18(13-17)15-3-4-15/h5-6,11-13,15H,1,3-4,7-10,14H2,2H3,(H,27,30). The number of anilines is 1. The molecular formula is C23H26Cl2FN3O3S. The molecule has 33 heavy (non-hydrogen) atoms. The van der Waals surface area contributed by atoms with Gasteiger partial charge >= 0.3 is 0 Å². The van der Waals surface area contributed by atoms with Crippen molar-refractivity contribution >= 4 is 50.4 Å². The lowest BCUT2D eigenvalue weighted by Crippen LogP contribution is -2.50. The Hall–Kier alpha value is -1.84. The molecule has 10 heteroatoms. The minimum absolute atomic E-state index is 0.197. The van der Waals surface area contributed by atoms with Crippen molar-refractivity contribution < 1.29 is 18.1 Å². The van der Waals surface area contributed by atoms with Crippen molar-refractivity contribution in [1.82, 2.24) is 9.21 Å². The molecule has 0 radical (unpaired) electrons. The predicted octanol–water partition coefficient (Wildman–Crippen LogP) is 4.62. The summed E-state index contributed by atoms with van der Waals surface area (Å²) < 4.78 is 33.7. The maximum Gasteiger partial charge on any atom is 0.238 e. The number of amides is 1. The Kier molecular flexibility index (Phi) is 7.21. The van der Waals surface area contributed by atoms with Gasteiger partial charge in [0.05, 0.1) is 16.6 Å². The molecule has 1 saturated heterocycles. The van der Waals surface area contributed by atoms with Crippen molar-refractivity contribution in [2.45, 2.75) is 18.8 Å². The number of carbonyl (C=O) groups is 1. The van der Waals surface area contributed by atoms with Crippen LogP contribution in [0.3, 0.4) is 0 Å². The lowest BCUT2D eigenvalue weighted by atomic mass is 10.1. The molecule has 1 aliphatic carbocycles. The number of benzene rings is 2. The van der Waals surface area contributed by atoms with Crippen LogP contribution in [0.1, 0.15) is 24.3 Å². The van der Waals surface area contributed by atoms with Gasteiger partial charge in [0.15, 0.2) is 5.75 Å². The Morgan fingerprint density at radius 1 is 1.18 bits per heavy atom. The summed E-state index contributed by atoms with van der Waals surface area (Å²) in [5, 5.41) is 3.27. The van der Waals surface area contributed by atoms with E-state index in [-0.39, 0.29) is 40.0 Å². The number of nitrogens with one attached hydrogen (secondary N) is 1. The number of ether oxygens (including phenoxy) is 1. The van der Waals surface area contributed by atoms with Gasteiger partial charge in [-0.1, -0.05) is 23.2 Å². The van der Waals surface area contributed by atoms with E-state index in [1.807, 2.05) is 9.21 Å². The van der Waals surface area contributed by atoms with Gasteiger partial charge in [0.2, 0.25) is 5.91 Å². The molecule has 1 saturated carbocycles. The van der Waals surface area contributed by atoms with Gasteiger partial charge in [-0.05, 0) is 60.5 Å². The smallest absolute Gasteiger partial charge is 0.238 e. The van der Waals surface area contributed by atoms with Crippen LogP contribution in [0.2, 0.25) is 10.0 Å². The molecule has 0 spiro atoms. The van der Waals surface area contributed by atoms with Gasteiger partial charge in [-0.15, -0.1) is 0 Å². The maximum absolute atomic E-state index is 14.0. The van der Waals surface area contributed by atoms with Crippen molar-refractivity contribution in [1.29, 1.82) is 0 Å². The molecule has 0 bridgehead atoms. The average molecular weight is 514 g/mol. The van der Waals surface area contributed by atoms with Crippen LogP contribution in [0.25, 0.3) is 0 Å². The number of hydrogen-bond donors (Lipinski definition) is 1. The molecule has 2 aromatic carbocycles. The van der Waals surface area contributed by atoms with Gasteiger partial charge in [-0.2, -0.15) is 0 Å². The summed E-state index contributed by atoms with van der Waals surface area (Å²) in [5.41, 5.74) is 1.09. The fourth-order valence-corrected chi connectivity index (χ4v) is 5.32. The quantitative estimate of drug-likeness (QED) is 0.548. The zero-order chi connectivity index (χ0) is 23.8. The summed E-state index contributed by atoms with van der Waals surface area (Å²) in [6.45, 7) is 2.65. The number of hydrogen-bond acceptors (Lipinski definition) is 4. The molecule has 1 amide bonds. The predicted molar refractivity (Wildman–Crippen MR) is 133 cm³/mol. The van der Waals surface area contributed by atoms with Crippen molar-refractivity contribution in [3.63, 3.8) is 0 Å². The molecule has 1 aliphatic heterocycles. The van der Waals surface area contributed by atoms with Gasteiger partial charge in [0.25, 0.3) is 0 Å². The van der Waals surface area contributed by atoms with Crippen LogP contribution < -0.4 is 10.1 Å². The van der Waals surface area contributed by atoms with Crippen LogP contribution in [0.4, 0.5) is 10.1 Å². The Balaban J connectivity index is 1.37. The van der Waals surface area contributed by atoms with Crippen LogP contribution in [0.15, 0.2) is 30.3 Å². The highest BCUT2D eigenvalue weighted by atomic mass is 35.5. The summed E-state index contributed by atoms with van der Waals surface area (Å²) in [7, 11) is -2.22. The van der Waals surface area contributed by atoms with Gasteiger partial charge < -0.3 is 10.1 Å². The van der Waals surface area contributed by atoms with E-state index in [1.165, 1.54) is 12.1 Å². The van der Waals surface area contributed by atoms with Crippen LogP contribution in [0.5, 0.6) is 11.5 Å². The third kappa shape index (κ3) is 6.19. The van der Waals surface area contributed by atoms with E-state index in [0.29, 0.717) is 43.2 Å². The van der Waals surface area contributed by atoms with Crippen molar-refractivity contribution in [3.05, 3.63) is 51.8 Å². The Bertz CT molecular complexity index is 1140. The van der Waals surface area contributed by atoms with E-state index < -0.39 is 9.71 Å². The molecule has 2 aliphatic rings. The van der Waals surface area contributed by atoms with E-state index in [9.17, 15) is 13.4 Å². The van der Waals surface area contributed by atoms with Crippen LogP contribution >= 0.6 is 23.2 Å². The highest BCUT2D eigenvalue weighted by Gasteiger charge is 2.27. The lowest BCUT2D eigenvalue weighted by Gasteiger charge is -2.34. The molecule has 1 N–H and O–H groups in total.